The fourth-order valence-corrected chi connectivity index (χ4v) is 3.65. The highest BCUT2D eigenvalue weighted by molar-refractivity contribution is 7.18. The number of carbonyl (C=O) groups excluding carboxylic acids is 1. The first-order chi connectivity index (χ1) is 11.7. The van der Waals surface area contributed by atoms with Crippen molar-refractivity contribution < 1.29 is 4.79 Å². The number of nitrogens with one attached hydrogen (secondary N) is 1. The van der Waals surface area contributed by atoms with E-state index in [1.165, 1.54) is 0 Å². The summed E-state index contributed by atoms with van der Waals surface area (Å²) in [5.74, 6) is 0. The molecule has 1 aromatic carbocycles. The number of fused-ring (bicyclic) bond motifs is 1. The molecule has 1 fully saturated rings. The van der Waals surface area contributed by atoms with Gasteiger partial charge in [-0.3, -0.25) is 4.98 Å². The SMILES string of the molecule is Cc1cnccc1NC(=O)N(Cc1nc2ccccc2s1)C1CC1. The van der Waals surface area contributed by atoms with E-state index in [0.29, 0.717) is 12.6 Å². The maximum absolute atomic E-state index is 12.7. The number of thiazole rings is 1. The van der Waals surface area contributed by atoms with E-state index < -0.39 is 0 Å². The van der Waals surface area contributed by atoms with Crippen molar-refractivity contribution in [3.8, 4) is 0 Å². The zero-order chi connectivity index (χ0) is 16.5. The molecule has 122 valence electrons. The zero-order valence-electron chi connectivity index (χ0n) is 13.4. The molecule has 0 unspecified atom stereocenters. The van der Waals surface area contributed by atoms with Crippen molar-refractivity contribution in [2.75, 3.05) is 5.32 Å². The molecule has 2 aromatic heterocycles. The van der Waals surface area contributed by atoms with E-state index in [2.05, 4.69) is 21.4 Å². The predicted molar refractivity (Wildman–Crippen MR) is 96.2 cm³/mol. The number of urea groups is 1. The molecule has 3 aromatic rings. The normalized spacial score (nSPS) is 13.9. The van der Waals surface area contributed by atoms with Gasteiger partial charge in [0.15, 0.2) is 0 Å². The first kappa shape index (κ1) is 15.1. The summed E-state index contributed by atoms with van der Waals surface area (Å²) < 4.78 is 1.16. The number of anilines is 1. The van der Waals surface area contributed by atoms with Gasteiger partial charge in [-0.1, -0.05) is 12.1 Å². The Labute approximate surface area is 144 Å². The third-order valence-corrected chi connectivity index (χ3v) is 5.18. The first-order valence-corrected chi connectivity index (χ1v) is 8.85. The number of hydrogen-bond donors (Lipinski definition) is 1. The van der Waals surface area contributed by atoms with Gasteiger partial charge in [0, 0.05) is 24.1 Å². The summed E-state index contributed by atoms with van der Waals surface area (Å²) in [5.41, 5.74) is 2.77. The number of para-hydroxylation sites is 1. The largest absolute Gasteiger partial charge is 0.322 e. The highest BCUT2D eigenvalue weighted by Crippen LogP contribution is 2.31. The van der Waals surface area contributed by atoms with Crippen LogP contribution in [0.1, 0.15) is 23.4 Å². The van der Waals surface area contributed by atoms with Crippen LogP contribution in [0.15, 0.2) is 42.7 Å². The minimum atomic E-state index is -0.0638. The van der Waals surface area contributed by atoms with Crippen molar-refractivity contribution in [3.05, 3.63) is 53.3 Å². The highest BCUT2D eigenvalue weighted by Gasteiger charge is 2.33. The number of amides is 2. The molecule has 1 N–H and O–H groups in total. The third kappa shape index (κ3) is 3.10. The average Bonchev–Trinajstić information content (AvgIpc) is 3.33. The fraction of sp³-hybridized carbons (Fsp3) is 0.278. The van der Waals surface area contributed by atoms with Gasteiger partial charge in [-0.25, -0.2) is 9.78 Å². The second-order valence-corrected chi connectivity index (χ2v) is 7.17. The van der Waals surface area contributed by atoms with Crippen molar-refractivity contribution >= 4 is 33.3 Å². The summed E-state index contributed by atoms with van der Waals surface area (Å²) in [4.78, 5) is 23.4. The second-order valence-electron chi connectivity index (χ2n) is 6.06. The number of pyridine rings is 1. The lowest BCUT2D eigenvalue weighted by Crippen LogP contribution is -2.36. The Balaban J connectivity index is 1.53. The van der Waals surface area contributed by atoms with Crippen LogP contribution in [0.5, 0.6) is 0 Å². The topological polar surface area (TPSA) is 58.1 Å². The smallest absolute Gasteiger partial charge is 0.315 e. The zero-order valence-corrected chi connectivity index (χ0v) is 14.2. The molecule has 0 spiro atoms. The van der Waals surface area contributed by atoms with Crippen molar-refractivity contribution in [1.82, 2.24) is 14.9 Å². The lowest BCUT2D eigenvalue weighted by atomic mass is 10.2. The monoisotopic (exact) mass is 338 g/mol. The van der Waals surface area contributed by atoms with Gasteiger partial charge in [0.2, 0.25) is 0 Å². The van der Waals surface area contributed by atoms with Crippen LogP contribution < -0.4 is 5.32 Å². The minimum Gasteiger partial charge on any atom is -0.315 e. The minimum absolute atomic E-state index is 0.0638. The highest BCUT2D eigenvalue weighted by atomic mass is 32.1. The molecule has 5 nitrogen and oxygen atoms in total. The lowest BCUT2D eigenvalue weighted by molar-refractivity contribution is 0.206. The van der Waals surface area contributed by atoms with Gasteiger partial charge >= 0.3 is 6.03 Å². The second kappa shape index (κ2) is 6.20. The number of benzene rings is 1. The van der Waals surface area contributed by atoms with Crippen LogP contribution >= 0.6 is 11.3 Å². The Morgan fingerprint density at radius 1 is 1.33 bits per heavy atom. The maximum atomic E-state index is 12.7. The summed E-state index contributed by atoms with van der Waals surface area (Å²) in [6.07, 6.45) is 5.57. The van der Waals surface area contributed by atoms with Gasteiger partial charge in [0.25, 0.3) is 0 Å². The van der Waals surface area contributed by atoms with Crippen LogP contribution in [-0.4, -0.2) is 26.9 Å². The van der Waals surface area contributed by atoms with Gasteiger partial charge in [0.1, 0.15) is 5.01 Å². The third-order valence-electron chi connectivity index (χ3n) is 4.15. The van der Waals surface area contributed by atoms with Crippen LogP contribution in [0.4, 0.5) is 10.5 Å². The number of nitrogens with zero attached hydrogens (tertiary/aromatic N) is 3. The van der Waals surface area contributed by atoms with Crippen LogP contribution in [0.25, 0.3) is 10.2 Å². The molecular formula is C18H18N4OS. The van der Waals surface area contributed by atoms with Crippen molar-refractivity contribution in [2.45, 2.75) is 32.4 Å². The molecule has 0 saturated heterocycles. The molecule has 2 amide bonds. The van der Waals surface area contributed by atoms with Gasteiger partial charge < -0.3 is 10.2 Å². The van der Waals surface area contributed by atoms with Gasteiger partial charge in [-0.05, 0) is 43.5 Å². The summed E-state index contributed by atoms with van der Waals surface area (Å²) in [7, 11) is 0. The molecule has 0 bridgehead atoms. The molecule has 1 saturated carbocycles. The Kier molecular flexibility index (Phi) is 3.90. The van der Waals surface area contributed by atoms with Crippen molar-refractivity contribution in [3.63, 3.8) is 0 Å². The maximum Gasteiger partial charge on any atom is 0.322 e. The average molecular weight is 338 g/mol. The van der Waals surface area contributed by atoms with Crippen LogP contribution in [0, 0.1) is 6.92 Å². The molecule has 0 radical (unpaired) electrons. The van der Waals surface area contributed by atoms with E-state index in [4.69, 9.17) is 0 Å². The summed E-state index contributed by atoms with van der Waals surface area (Å²) in [6.45, 7) is 2.50. The van der Waals surface area contributed by atoms with E-state index in [9.17, 15) is 4.79 Å². The van der Waals surface area contributed by atoms with E-state index in [1.807, 2.05) is 36.1 Å². The van der Waals surface area contributed by atoms with Gasteiger partial charge in [-0.15, -0.1) is 11.3 Å². The lowest BCUT2D eigenvalue weighted by Gasteiger charge is -2.22. The summed E-state index contributed by atoms with van der Waals surface area (Å²) in [6, 6.07) is 10.2. The molecular weight excluding hydrogens is 320 g/mol. The number of carbonyl (C=O) groups is 1. The Morgan fingerprint density at radius 2 is 2.17 bits per heavy atom. The molecule has 24 heavy (non-hydrogen) atoms. The molecule has 0 atom stereocenters. The van der Waals surface area contributed by atoms with Gasteiger partial charge in [0.05, 0.1) is 16.8 Å². The first-order valence-electron chi connectivity index (χ1n) is 8.03. The van der Waals surface area contributed by atoms with Crippen LogP contribution in [-0.2, 0) is 6.54 Å². The predicted octanol–water partition coefficient (Wildman–Crippen LogP) is 4.20. The molecule has 4 rings (SSSR count). The van der Waals surface area contributed by atoms with Crippen molar-refractivity contribution in [1.29, 1.82) is 0 Å². The molecule has 2 heterocycles. The van der Waals surface area contributed by atoms with E-state index in [0.717, 1.165) is 39.3 Å². The number of rotatable bonds is 4. The number of hydrogen-bond acceptors (Lipinski definition) is 4. The standard InChI is InChI=1S/C18H18N4OS/c1-12-10-19-9-8-14(12)21-18(23)22(13-6-7-13)11-17-20-15-4-2-3-5-16(15)24-17/h2-5,8-10,13H,6-7,11H2,1H3,(H,19,21,23). The van der Waals surface area contributed by atoms with Crippen molar-refractivity contribution in [2.24, 2.45) is 0 Å². The quantitative estimate of drug-likeness (QED) is 0.776. The fourth-order valence-electron chi connectivity index (χ4n) is 2.69. The van der Waals surface area contributed by atoms with Crippen LogP contribution in [0.2, 0.25) is 0 Å². The van der Waals surface area contributed by atoms with Gasteiger partial charge in [-0.2, -0.15) is 0 Å². The molecule has 6 heteroatoms. The number of aromatic nitrogens is 2. The Morgan fingerprint density at radius 3 is 2.92 bits per heavy atom. The molecule has 1 aliphatic carbocycles. The Bertz CT molecular complexity index is 854. The number of aryl methyl sites for hydroxylation is 1. The summed E-state index contributed by atoms with van der Waals surface area (Å²) in [5, 5.41) is 3.99. The van der Waals surface area contributed by atoms with E-state index in [1.54, 1.807) is 23.7 Å². The summed E-state index contributed by atoms with van der Waals surface area (Å²) >= 11 is 1.65. The Hall–Kier alpha value is -2.47. The molecule has 0 aliphatic heterocycles. The van der Waals surface area contributed by atoms with E-state index in [-0.39, 0.29) is 6.03 Å². The molecule has 1 aliphatic rings. The van der Waals surface area contributed by atoms with E-state index >= 15 is 0 Å². The van der Waals surface area contributed by atoms with Crippen LogP contribution in [0.3, 0.4) is 0 Å².